The summed E-state index contributed by atoms with van der Waals surface area (Å²) in [4.78, 5) is 79.3. The van der Waals surface area contributed by atoms with Crippen molar-refractivity contribution in [3.63, 3.8) is 0 Å². The van der Waals surface area contributed by atoms with Crippen molar-refractivity contribution in [1.82, 2.24) is 25.9 Å². The van der Waals surface area contributed by atoms with Crippen molar-refractivity contribution >= 4 is 35.6 Å². The number of nitrogens with zero attached hydrogens (tertiary/aromatic N) is 1. The molecule has 0 bridgehead atoms. The van der Waals surface area contributed by atoms with Gasteiger partial charge in [-0.15, -0.1) is 0 Å². The van der Waals surface area contributed by atoms with E-state index in [4.69, 9.17) is 16.6 Å². The topological polar surface area (TPSA) is 280 Å². The number of hydrogen-bond donors (Lipinski definition) is 9. The summed E-state index contributed by atoms with van der Waals surface area (Å²) in [7, 11) is 0. The molecule has 2 aromatic rings. The fourth-order valence-electron chi connectivity index (χ4n) is 3.56. The van der Waals surface area contributed by atoms with E-state index in [2.05, 4.69) is 25.9 Å². The van der Waals surface area contributed by atoms with Crippen LogP contribution in [0.2, 0.25) is 0 Å². The Bertz CT molecular complexity index is 1200. The van der Waals surface area contributed by atoms with Crippen LogP contribution in [0.3, 0.4) is 0 Å². The number of amides is 4. The van der Waals surface area contributed by atoms with Crippen LogP contribution in [0.5, 0.6) is 5.75 Å². The number of primary amides is 1. The molecule has 16 nitrogen and oxygen atoms in total. The Morgan fingerprint density at radius 2 is 1.48 bits per heavy atom. The molecule has 1 aromatic carbocycles. The molecule has 0 aliphatic heterocycles. The molecule has 4 unspecified atom stereocenters. The Labute approximate surface area is 227 Å². The van der Waals surface area contributed by atoms with E-state index in [1.165, 1.54) is 24.7 Å². The van der Waals surface area contributed by atoms with Crippen LogP contribution in [-0.4, -0.2) is 85.0 Å². The third kappa shape index (κ3) is 10.4. The van der Waals surface area contributed by atoms with Crippen molar-refractivity contribution < 1.29 is 44.1 Å². The number of imidazole rings is 1. The number of H-pyrrole nitrogens is 1. The van der Waals surface area contributed by atoms with Gasteiger partial charge in [0.25, 0.3) is 0 Å². The normalized spacial score (nSPS) is 13.7. The third-order valence-corrected chi connectivity index (χ3v) is 5.65. The Morgan fingerprint density at radius 1 is 0.875 bits per heavy atom. The van der Waals surface area contributed by atoms with Gasteiger partial charge in [-0.25, -0.2) is 9.78 Å². The smallest absolute Gasteiger partial charge is 0.326 e. The molecule has 0 aliphatic carbocycles. The molecule has 11 N–H and O–H groups in total. The maximum atomic E-state index is 13.2. The maximum absolute atomic E-state index is 13.2. The number of carbonyl (C=O) groups excluding carboxylic acids is 4. The van der Waals surface area contributed by atoms with Crippen LogP contribution < -0.4 is 27.4 Å². The maximum Gasteiger partial charge on any atom is 0.326 e. The first-order chi connectivity index (χ1) is 18.8. The zero-order valence-corrected chi connectivity index (χ0v) is 21.2. The molecule has 4 amide bonds. The Morgan fingerprint density at radius 3 is 2.02 bits per heavy atom. The number of nitrogens with two attached hydrogens (primary N) is 2. The minimum Gasteiger partial charge on any atom is -0.508 e. The minimum atomic E-state index is -1.78. The first-order valence-corrected chi connectivity index (χ1v) is 12.0. The summed E-state index contributed by atoms with van der Waals surface area (Å²) >= 11 is 0. The van der Waals surface area contributed by atoms with Gasteiger partial charge in [0.1, 0.15) is 23.9 Å². The lowest BCUT2D eigenvalue weighted by Crippen LogP contribution is -2.58. The molecule has 2 rings (SSSR count). The molecule has 0 aliphatic rings. The molecule has 1 heterocycles. The van der Waals surface area contributed by atoms with Gasteiger partial charge in [0.2, 0.25) is 23.6 Å². The molecule has 0 saturated carbocycles. The number of phenolic OH excluding ortho intramolecular Hbond substituents is 1. The number of rotatable bonds is 16. The van der Waals surface area contributed by atoms with Gasteiger partial charge in [-0.2, -0.15) is 0 Å². The zero-order valence-electron chi connectivity index (χ0n) is 21.2. The Balaban J connectivity index is 2.19. The lowest BCUT2D eigenvalue weighted by atomic mass is 10.0. The number of phenols is 1. The first-order valence-electron chi connectivity index (χ1n) is 12.0. The third-order valence-electron chi connectivity index (χ3n) is 5.65. The average Bonchev–Trinajstić information content (AvgIpc) is 3.39. The van der Waals surface area contributed by atoms with Crippen LogP contribution in [0, 0.1) is 0 Å². The molecule has 4 atom stereocenters. The second kappa shape index (κ2) is 14.8. The average molecular weight is 562 g/mol. The molecule has 0 radical (unpaired) electrons. The highest BCUT2D eigenvalue weighted by Gasteiger charge is 2.31. The predicted molar refractivity (Wildman–Crippen MR) is 136 cm³/mol. The van der Waals surface area contributed by atoms with Crippen LogP contribution >= 0.6 is 0 Å². The van der Waals surface area contributed by atoms with Crippen molar-refractivity contribution in [3.8, 4) is 5.75 Å². The number of hydrogen-bond acceptors (Lipinski definition) is 9. The number of aromatic hydroxyl groups is 1. The number of aromatic nitrogens is 2. The van der Waals surface area contributed by atoms with Crippen molar-refractivity contribution in [1.29, 1.82) is 0 Å². The number of carbonyl (C=O) groups is 6. The van der Waals surface area contributed by atoms with E-state index in [1.807, 2.05) is 0 Å². The fraction of sp³-hybridized carbons (Fsp3) is 0.375. The van der Waals surface area contributed by atoms with Crippen LogP contribution in [0.1, 0.15) is 30.5 Å². The van der Waals surface area contributed by atoms with Crippen molar-refractivity contribution in [2.24, 2.45) is 11.5 Å². The van der Waals surface area contributed by atoms with Gasteiger partial charge >= 0.3 is 11.9 Å². The quantitative estimate of drug-likeness (QED) is 0.103. The highest BCUT2D eigenvalue weighted by molar-refractivity contribution is 5.95. The summed E-state index contributed by atoms with van der Waals surface area (Å²) in [6.45, 7) is 0. The largest absolute Gasteiger partial charge is 0.508 e. The summed E-state index contributed by atoms with van der Waals surface area (Å²) in [5.74, 6) is -6.48. The summed E-state index contributed by atoms with van der Waals surface area (Å²) in [5, 5.41) is 34.5. The van der Waals surface area contributed by atoms with E-state index in [1.54, 1.807) is 12.1 Å². The summed E-state index contributed by atoms with van der Waals surface area (Å²) in [5.41, 5.74) is 12.2. The zero-order chi connectivity index (χ0) is 29.8. The monoisotopic (exact) mass is 561 g/mol. The van der Waals surface area contributed by atoms with Crippen molar-refractivity contribution in [2.45, 2.75) is 56.3 Å². The summed E-state index contributed by atoms with van der Waals surface area (Å²) in [6, 6.07) is 0.262. The molecular weight excluding hydrogens is 530 g/mol. The van der Waals surface area contributed by atoms with Crippen LogP contribution in [0.15, 0.2) is 36.8 Å². The Hall–Kier alpha value is -4.99. The number of benzene rings is 1. The lowest BCUT2D eigenvalue weighted by molar-refractivity contribution is -0.147. The number of aliphatic carboxylic acids is 2. The number of nitrogens with one attached hydrogen (secondary N) is 4. The molecular formula is C24H31N7O9. The van der Waals surface area contributed by atoms with Crippen LogP contribution in [0.25, 0.3) is 0 Å². The predicted octanol–water partition coefficient (Wildman–Crippen LogP) is -2.49. The van der Waals surface area contributed by atoms with E-state index in [9.17, 15) is 39.0 Å². The van der Waals surface area contributed by atoms with E-state index >= 15 is 0 Å². The fourth-order valence-corrected chi connectivity index (χ4v) is 3.56. The second-order valence-corrected chi connectivity index (χ2v) is 8.88. The van der Waals surface area contributed by atoms with Crippen LogP contribution in [0.4, 0.5) is 0 Å². The first kappa shape index (κ1) is 31.2. The molecule has 40 heavy (non-hydrogen) atoms. The van der Waals surface area contributed by atoms with Gasteiger partial charge in [0.15, 0.2) is 0 Å². The molecule has 216 valence electrons. The molecule has 0 saturated heterocycles. The van der Waals surface area contributed by atoms with Gasteiger partial charge in [0, 0.05) is 24.7 Å². The summed E-state index contributed by atoms with van der Waals surface area (Å²) in [6.07, 6.45) is 1.06. The molecule has 0 fully saturated rings. The van der Waals surface area contributed by atoms with Crippen molar-refractivity contribution in [2.75, 3.05) is 0 Å². The highest BCUT2D eigenvalue weighted by Crippen LogP contribution is 2.11. The summed E-state index contributed by atoms with van der Waals surface area (Å²) < 4.78 is 0. The number of aromatic amines is 1. The highest BCUT2D eigenvalue weighted by atomic mass is 16.4. The van der Waals surface area contributed by atoms with Crippen LogP contribution in [-0.2, 0) is 41.6 Å². The minimum absolute atomic E-state index is 0.0244. The van der Waals surface area contributed by atoms with E-state index < -0.39 is 66.2 Å². The molecule has 0 spiro atoms. The van der Waals surface area contributed by atoms with Gasteiger partial charge in [-0.05, 0) is 30.5 Å². The standard InChI is InChI=1S/C24H31N7O9/c25-15(7-12-1-3-14(32)4-2-12)21(36)29-16(5-6-19(26)33)22(37)30-17(8-13-10-27-11-28-13)23(38)31-18(24(39)40)9-20(34)35/h1-4,10-11,15-18,32H,5-9,25H2,(H2,26,33)(H,27,28)(H,29,36)(H,30,37)(H,31,38)(H,34,35)(H,39,40). The number of carboxylic acid groups (broad SMARTS) is 2. The van der Waals surface area contributed by atoms with E-state index in [0.717, 1.165) is 0 Å². The van der Waals surface area contributed by atoms with Gasteiger partial charge < -0.3 is 47.7 Å². The Kier molecular flexibility index (Phi) is 11.6. The van der Waals surface area contributed by atoms with Gasteiger partial charge in [-0.1, -0.05) is 12.1 Å². The van der Waals surface area contributed by atoms with Gasteiger partial charge in [-0.3, -0.25) is 24.0 Å². The van der Waals surface area contributed by atoms with E-state index in [0.29, 0.717) is 11.3 Å². The van der Waals surface area contributed by atoms with E-state index in [-0.39, 0.29) is 31.4 Å². The SMILES string of the molecule is NC(=O)CCC(NC(=O)C(N)Cc1ccc(O)cc1)C(=O)NC(Cc1cnc[nH]1)C(=O)NC(CC(=O)O)C(=O)O. The number of carboxylic acids is 2. The second-order valence-electron chi connectivity index (χ2n) is 8.88. The van der Waals surface area contributed by atoms with Crippen molar-refractivity contribution in [3.05, 3.63) is 48.0 Å². The molecule has 1 aromatic heterocycles. The lowest BCUT2D eigenvalue weighted by Gasteiger charge is -2.25. The molecule has 16 heteroatoms. The van der Waals surface area contributed by atoms with Gasteiger partial charge in [0.05, 0.1) is 18.8 Å².